The molecule has 0 saturated carbocycles. The summed E-state index contributed by atoms with van der Waals surface area (Å²) in [7, 11) is -1.02. The van der Waals surface area contributed by atoms with Crippen molar-refractivity contribution < 1.29 is 58.5 Å². The third kappa shape index (κ3) is 11.2. The van der Waals surface area contributed by atoms with Gasteiger partial charge in [0.05, 0.1) is 7.11 Å². The molecule has 0 spiro atoms. The maximum Gasteiger partial charge on any atom is 1.00 e. The number of carboxylic acid groups (broad SMARTS) is 1. The second kappa shape index (κ2) is 19.8. The van der Waals surface area contributed by atoms with E-state index in [1.54, 1.807) is 4.68 Å². The molecule has 0 aliphatic heterocycles. The van der Waals surface area contributed by atoms with Crippen LogP contribution in [0.25, 0.3) is 0 Å². The molecule has 0 fully saturated rings. The molecule has 0 saturated heterocycles. The van der Waals surface area contributed by atoms with Crippen LogP contribution in [0.2, 0.25) is 51.4 Å². The first-order valence-electron chi connectivity index (χ1n) is 21.4. The number of fused-ring (bicyclic) bond motifs is 4. The molecule has 60 heavy (non-hydrogen) atoms. The second-order valence-electron chi connectivity index (χ2n) is 18.7. The first-order valence-corrected chi connectivity index (χ1v) is 28.8. The molecule has 2 aromatic carbocycles. The number of aromatic nitrogens is 6. The zero-order valence-corrected chi connectivity index (χ0v) is 41.0. The van der Waals surface area contributed by atoms with Crippen LogP contribution in [-0.2, 0) is 79.0 Å². The summed E-state index contributed by atoms with van der Waals surface area (Å²) in [5.41, 5.74) is 13.5. The normalized spacial score (nSPS) is 15.1. The third-order valence-corrected chi connectivity index (χ3v) is 15.1. The summed E-state index contributed by atoms with van der Waals surface area (Å²) in [6.45, 7) is 15.6. The van der Waals surface area contributed by atoms with Gasteiger partial charge in [-0.05, 0) is 134 Å². The molecule has 4 aliphatic rings. The number of ether oxygens (including phenoxy) is 3. The van der Waals surface area contributed by atoms with Crippen LogP contribution < -0.4 is 45.3 Å². The van der Waals surface area contributed by atoms with Crippen LogP contribution >= 0.6 is 0 Å². The maximum atomic E-state index is 12.0. The number of hydrogen-bond acceptors (Lipinski definition) is 12. The number of nitrogens with zero attached hydrogens (tertiary/aromatic N) is 6. The number of rotatable bonds is 16. The first-order chi connectivity index (χ1) is 28.2. The van der Waals surface area contributed by atoms with Gasteiger partial charge in [0.2, 0.25) is 11.9 Å². The van der Waals surface area contributed by atoms with E-state index in [1.807, 2.05) is 0 Å². The van der Waals surface area contributed by atoms with E-state index in [1.165, 1.54) is 74.8 Å². The van der Waals surface area contributed by atoms with E-state index in [4.69, 9.17) is 14.2 Å². The summed E-state index contributed by atoms with van der Waals surface area (Å²) in [6.07, 6.45) is 13.4. The van der Waals surface area contributed by atoms with Gasteiger partial charge in [0.25, 0.3) is 5.82 Å². The average Bonchev–Trinajstić information content (AvgIpc) is 4.03. The molecule has 14 nitrogen and oxygen atoms in total. The van der Waals surface area contributed by atoms with Crippen molar-refractivity contribution in [2.45, 2.75) is 142 Å². The molecule has 0 bridgehead atoms. The minimum Gasteiger partial charge on any atom is -0.541 e. The SMILES string of the molecule is COC(=O)c1nc(Nc2c3c(cc4c2CCC4)CCC3)n(COCC[Si](C)(C)C)n1.C[Si](C)(C)CCOCn1nc(C(=O)[O-])nc1Nc1c2c(cc3c1CCC3)CCC2.[Na+]. The molecule has 17 heteroatoms. The van der Waals surface area contributed by atoms with Gasteiger partial charge in [-0.15, -0.1) is 10.2 Å². The van der Waals surface area contributed by atoms with E-state index in [2.05, 4.69) is 82.2 Å². The summed E-state index contributed by atoms with van der Waals surface area (Å²) >= 11 is 0. The third-order valence-electron chi connectivity index (χ3n) is 11.7. The zero-order chi connectivity index (χ0) is 41.9. The van der Waals surface area contributed by atoms with Crippen LogP contribution in [0.5, 0.6) is 0 Å². The Labute approximate surface area is 378 Å². The quantitative estimate of drug-likeness (QED) is 0.0952. The van der Waals surface area contributed by atoms with Crippen LogP contribution in [0.15, 0.2) is 12.1 Å². The van der Waals surface area contributed by atoms with Crippen LogP contribution in [0.3, 0.4) is 0 Å². The van der Waals surface area contributed by atoms with Gasteiger partial charge in [-0.1, -0.05) is 51.4 Å². The van der Waals surface area contributed by atoms with Gasteiger partial charge in [-0.2, -0.15) is 9.97 Å². The van der Waals surface area contributed by atoms with Gasteiger partial charge in [-0.25, -0.2) is 14.2 Å². The molecule has 2 heterocycles. The molecule has 2 N–H and O–H groups in total. The van der Waals surface area contributed by atoms with E-state index < -0.39 is 28.1 Å². The Morgan fingerprint density at radius 2 is 1.00 bits per heavy atom. The number of hydrogen-bond donors (Lipinski definition) is 2. The number of carbonyl (C=O) groups excluding carboxylic acids is 2. The van der Waals surface area contributed by atoms with Crippen molar-refractivity contribution in [3.63, 3.8) is 0 Å². The van der Waals surface area contributed by atoms with E-state index >= 15 is 0 Å². The zero-order valence-electron chi connectivity index (χ0n) is 37.0. The summed E-state index contributed by atoms with van der Waals surface area (Å²) in [4.78, 5) is 32.0. The predicted molar refractivity (Wildman–Crippen MR) is 231 cm³/mol. The second-order valence-corrected chi connectivity index (χ2v) is 30.0. The van der Waals surface area contributed by atoms with Gasteiger partial charge >= 0.3 is 35.5 Å². The molecular weight excluding hydrogens is 804 g/mol. The Morgan fingerprint density at radius 3 is 1.35 bits per heavy atom. The maximum absolute atomic E-state index is 12.0. The summed E-state index contributed by atoms with van der Waals surface area (Å²) < 4.78 is 19.7. The fraction of sp³-hybridized carbons (Fsp3) is 0.581. The Hall–Kier alpha value is -3.39. The van der Waals surface area contributed by atoms with E-state index in [0.717, 1.165) is 82.0 Å². The molecule has 8 rings (SSSR count). The van der Waals surface area contributed by atoms with Gasteiger partial charge in [0.15, 0.2) is 5.82 Å². The van der Waals surface area contributed by atoms with E-state index in [0.29, 0.717) is 25.1 Å². The van der Waals surface area contributed by atoms with Crippen molar-refractivity contribution in [3.05, 3.63) is 68.3 Å². The van der Waals surface area contributed by atoms with Crippen LogP contribution in [0.1, 0.15) is 91.4 Å². The number of methoxy groups -OCH3 is 1. The fourth-order valence-electron chi connectivity index (χ4n) is 8.53. The minimum absolute atomic E-state index is 0. The molecule has 0 unspecified atom stereocenters. The van der Waals surface area contributed by atoms with Crippen LogP contribution in [-0.4, -0.2) is 77.9 Å². The van der Waals surface area contributed by atoms with Gasteiger partial charge in [0.1, 0.15) is 19.4 Å². The Morgan fingerprint density at radius 1 is 0.633 bits per heavy atom. The summed E-state index contributed by atoms with van der Waals surface area (Å²) in [5, 5.41) is 26.8. The van der Waals surface area contributed by atoms with E-state index in [9.17, 15) is 14.7 Å². The molecule has 318 valence electrons. The van der Waals surface area contributed by atoms with Crippen molar-refractivity contribution in [2.75, 3.05) is 31.0 Å². The van der Waals surface area contributed by atoms with Crippen molar-refractivity contribution in [1.29, 1.82) is 0 Å². The van der Waals surface area contributed by atoms with E-state index in [-0.39, 0.29) is 54.7 Å². The number of esters is 1. The number of aromatic carboxylic acids is 1. The number of carbonyl (C=O) groups is 2. The van der Waals surface area contributed by atoms with Gasteiger partial charge in [-0.3, -0.25) is 0 Å². The first kappa shape index (κ1) is 46.1. The Balaban J connectivity index is 0.000000198. The van der Waals surface area contributed by atoms with Crippen LogP contribution in [0, 0.1) is 0 Å². The summed E-state index contributed by atoms with van der Waals surface area (Å²) in [6, 6.07) is 6.89. The molecule has 0 radical (unpaired) electrons. The van der Waals surface area contributed by atoms with Crippen molar-refractivity contribution in [2.24, 2.45) is 0 Å². The van der Waals surface area contributed by atoms with Gasteiger partial charge < -0.3 is 34.7 Å². The molecule has 4 aliphatic carbocycles. The molecule has 2 aromatic heterocycles. The monoisotopic (exact) mass is 864 g/mol. The smallest absolute Gasteiger partial charge is 0.541 e. The number of aryl methyl sites for hydroxylation is 4. The number of anilines is 4. The van der Waals surface area contributed by atoms with Gasteiger partial charge in [0, 0.05) is 40.7 Å². The largest absolute Gasteiger partial charge is 1.00 e. The van der Waals surface area contributed by atoms with Crippen LogP contribution in [0.4, 0.5) is 23.3 Å². The molecular formula is C43H61N8NaO6Si2. The topological polar surface area (TPSA) is 170 Å². The summed E-state index contributed by atoms with van der Waals surface area (Å²) in [5.74, 6) is -1.23. The number of carboxylic acids is 1. The standard InChI is InChI=1S/C22H32N4O3Si.C21H30N4O3Si.Na/c1-28-21(27)20-24-22(26(25-20)14-29-11-12-30(2,3)4)23-19-17-9-5-7-15(17)13-16-8-6-10-18(16)19;1-29(2,3)11-10-28-13-25-21(23-19(24-25)20(26)27)22-18-16-8-4-6-14(16)12-15-7-5-9-17(15)18;/h13H,5-12,14H2,1-4H3,(H,23,24,25);12H,4-11,13H2,1-3H3,(H,26,27)(H,22,23,24);/q;;+1/p-1. The molecule has 4 aromatic rings. The average molecular weight is 865 g/mol. The molecule has 0 atom stereocenters. The fourth-order valence-corrected chi connectivity index (χ4v) is 10.0. The number of benzene rings is 2. The number of nitrogens with one attached hydrogen (secondary N) is 2. The van der Waals surface area contributed by atoms with Crippen molar-refractivity contribution in [3.8, 4) is 0 Å². The Kier molecular flexibility index (Phi) is 15.2. The molecule has 0 amide bonds. The van der Waals surface area contributed by atoms with Crippen molar-refractivity contribution >= 4 is 51.4 Å². The van der Waals surface area contributed by atoms with Crippen molar-refractivity contribution in [1.82, 2.24) is 29.5 Å². The predicted octanol–water partition coefficient (Wildman–Crippen LogP) is 3.78. The Bertz CT molecular complexity index is 2130. The minimum atomic E-state index is -1.38.